The van der Waals surface area contributed by atoms with Crippen LogP contribution in [0.5, 0.6) is 0 Å². The van der Waals surface area contributed by atoms with E-state index < -0.39 is 0 Å². The molecule has 2 fully saturated rings. The van der Waals surface area contributed by atoms with Crippen molar-refractivity contribution in [3.8, 4) is 0 Å². The maximum atomic E-state index is 12.1. The molecule has 1 heterocycles. The number of hydrogen-bond acceptors (Lipinski definition) is 3. The Kier molecular flexibility index (Phi) is 4.28. The number of carbonyl (C=O) groups is 1. The van der Waals surface area contributed by atoms with E-state index in [-0.39, 0.29) is 17.4 Å². The minimum atomic E-state index is 0.0305. The first-order valence-electron chi connectivity index (χ1n) is 7.10. The monoisotopic (exact) mass is 254 g/mol. The molecule has 1 saturated heterocycles. The third-order valence-electron chi connectivity index (χ3n) is 4.18. The van der Waals surface area contributed by atoms with Crippen LogP contribution >= 0.6 is 0 Å². The fraction of sp³-hybridized carbons (Fsp3) is 0.929. The molecule has 4 heteroatoms. The van der Waals surface area contributed by atoms with Gasteiger partial charge in [0.05, 0.1) is 13.0 Å². The second-order valence-corrected chi connectivity index (χ2v) is 6.47. The van der Waals surface area contributed by atoms with Crippen molar-refractivity contribution in [2.45, 2.75) is 45.6 Å². The van der Waals surface area contributed by atoms with E-state index in [0.29, 0.717) is 13.0 Å². The van der Waals surface area contributed by atoms with Crippen LogP contribution in [0.4, 0.5) is 0 Å². The summed E-state index contributed by atoms with van der Waals surface area (Å²) < 4.78 is 5.52. The van der Waals surface area contributed by atoms with E-state index in [0.717, 1.165) is 32.0 Å². The van der Waals surface area contributed by atoms with Crippen molar-refractivity contribution < 1.29 is 9.53 Å². The number of likely N-dealkylation sites (tertiary alicyclic amines) is 1. The molecule has 0 aromatic rings. The topological polar surface area (TPSA) is 55.6 Å². The molecule has 1 aliphatic heterocycles. The zero-order valence-corrected chi connectivity index (χ0v) is 11.7. The third-order valence-corrected chi connectivity index (χ3v) is 4.18. The molecule has 1 aliphatic carbocycles. The molecule has 2 N–H and O–H groups in total. The minimum absolute atomic E-state index is 0.0305. The lowest BCUT2D eigenvalue weighted by atomic mass is 9.79. The predicted octanol–water partition coefficient (Wildman–Crippen LogP) is 1.39. The van der Waals surface area contributed by atoms with Gasteiger partial charge in [-0.25, -0.2) is 0 Å². The van der Waals surface area contributed by atoms with E-state index in [1.54, 1.807) is 0 Å². The van der Waals surface area contributed by atoms with Gasteiger partial charge in [0, 0.05) is 25.7 Å². The van der Waals surface area contributed by atoms with Crippen molar-refractivity contribution in [2.75, 3.05) is 26.3 Å². The molecular weight excluding hydrogens is 228 g/mol. The lowest BCUT2D eigenvalue weighted by Crippen LogP contribution is -2.54. The number of nitrogens with zero attached hydrogens (tertiary/aromatic N) is 1. The molecule has 1 unspecified atom stereocenters. The van der Waals surface area contributed by atoms with Gasteiger partial charge in [0.2, 0.25) is 5.91 Å². The Morgan fingerprint density at radius 2 is 2.11 bits per heavy atom. The summed E-state index contributed by atoms with van der Waals surface area (Å²) in [5, 5.41) is 0. The highest BCUT2D eigenvalue weighted by Crippen LogP contribution is 2.29. The summed E-state index contributed by atoms with van der Waals surface area (Å²) in [7, 11) is 0. The summed E-state index contributed by atoms with van der Waals surface area (Å²) >= 11 is 0. The Morgan fingerprint density at radius 3 is 2.72 bits per heavy atom. The molecule has 1 atom stereocenters. The molecule has 2 rings (SSSR count). The summed E-state index contributed by atoms with van der Waals surface area (Å²) in [5.74, 6) is 0.984. The van der Waals surface area contributed by atoms with Crippen molar-refractivity contribution in [3.63, 3.8) is 0 Å². The summed E-state index contributed by atoms with van der Waals surface area (Å²) in [4.78, 5) is 14.0. The number of carbonyl (C=O) groups excluding carboxylic acids is 1. The third kappa shape index (κ3) is 3.69. The van der Waals surface area contributed by atoms with E-state index in [9.17, 15) is 4.79 Å². The van der Waals surface area contributed by atoms with E-state index >= 15 is 0 Å². The first kappa shape index (κ1) is 13.8. The van der Waals surface area contributed by atoms with Crippen LogP contribution in [0.25, 0.3) is 0 Å². The van der Waals surface area contributed by atoms with E-state index in [4.69, 9.17) is 10.5 Å². The zero-order chi connectivity index (χ0) is 13.2. The molecule has 0 spiro atoms. The first-order chi connectivity index (χ1) is 8.49. The highest BCUT2D eigenvalue weighted by Gasteiger charge is 2.35. The molecule has 0 bridgehead atoms. The summed E-state index contributed by atoms with van der Waals surface area (Å²) in [6.45, 7) is 7.26. The first-order valence-corrected chi connectivity index (χ1v) is 7.10. The van der Waals surface area contributed by atoms with Crippen molar-refractivity contribution in [1.82, 2.24) is 4.90 Å². The van der Waals surface area contributed by atoms with Crippen LogP contribution < -0.4 is 5.73 Å². The molecule has 2 aliphatic rings. The van der Waals surface area contributed by atoms with Gasteiger partial charge in [0.25, 0.3) is 0 Å². The molecule has 1 amide bonds. The fourth-order valence-corrected chi connectivity index (χ4v) is 2.44. The Labute approximate surface area is 110 Å². The van der Waals surface area contributed by atoms with Gasteiger partial charge in [-0.3, -0.25) is 4.79 Å². The summed E-state index contributed by atoms with van der Waals surface area (Å²) in [5.41, 5.74) is 6.10. The predicted molar refractivity (Wildman–Crippen MR) is 71.1 cm³/mol. The Morgan fingerprint density at radius 1 is 1.39 bits per heavy atom. The van der Waals surface area contributed by atoms with E-state index in [2.05, 4.69) is 13.8 Å². The van der Waals surface area contributed by atoms with E-state index in [1.165, 1.54) is 12.8 Å². The molecule has 0 radical (unpaired) electrons. The van der Waals surface area contributed by atoms with Crippen molar-refractivity contribution in [1.29, 1.82) is 0 Å². The van der Waals surface area contributed by atoms with Gasteiger partial charge < -0.3 is 15.4 Å². The molecule has 0 aromatic heterocycles. The smallest absolute Gasteiger partial charge is 0.224 e. The Balaban J connectivity index is 1.68. The van der Waals surface area contributed by atoms with Crippen molar-refractivity contribution in [3.05, 3.63) is 0 Å². The van der Waals surface area contributed by atoms with Gasteiger partial charge in [-0.2, -0.15) is 0 Å². The zero-order valence-electron chi connectivity index (χ0n) is 11.7. The number of ether oxygens (including phenoxy) is 1. The highest BCUT2D eigenvalue weighted by atomic mass is 16.5. The quantitative estimate of drug-likeness (QED) is 0.754. The number of rotatable bonds is 5. The largest absolute Gasteiger partial charge is 0.381 e. The number of piperidine rings is 1. The lowest BCUT2D eigenvalue weighted by Gasteiger charge is -2.42. The maximum absolute atomic E-state index is 12.1. The van der Waals surface area contributed by atoms with Gasteiger partial charge >= 0.3 is 0 Å². The SMILES string of the molecule is CC1(C)CN(C(=O)CCOCC2CC2)CCC1N. The lowest BCUT2D eigenvalue weighted by molar-refractivity contribution is -0.135. The van der Waals surface area contributed by atoms with Gasteiger partial charge in [0.1, 0.15) is 0 Å². The second-order valence-electron chi connectivity index (χ2n) is 6.47. The van der Waals surface area contributed by atoms with Crippen LogP contribution in [-0.4, -0.2) is 43.2 Å². The standard InChI is InChI=1S/C14H26N2O2/c1-14(2)10-16(7-5-12(14)15)13(17)6-8-18-9-11-3-4-11/h11-12H,3-10,15H2,1-2H3. The normalized spacial score (nSPS) is 27.3. The van der Waals surface area contributed by atoms with Crippen LogP contribution in [-0.2, 0) is 9.53 Å². The summed E-state index contributed by atoms with van der Waals surface area (Å²) in [6.07, 6.45) is 4.01. The average molecular weight is 254 g/mol. The highest BCUT2D eigenvalue weighted by molar-refractivity contribution is 5.76. The van der Waals surface area contributed by atoms with Crippen LogP contribution in [0.2, 0.25) is 0 Å². The van der Waals surface area contributed by atoms with Crippen LogP contribution in [0.3, 0.4) is 0 Å². The van der Waals surface area contributed by atoms with Crippen molar-refractivity contribution >= 4 is 5.91 Å². The van der Waals surface area contributed by atoms with Crippen LogP contribution in [0.15, 0.2) is 0 Å². The Hall–Kier alpha value is -0.610. The molecule has 104 valence electrons. The number of nitrogens with two attached hydrogens (primary N) is 1. The minimum Gasteiger partial charge on any atom is -0.381 e. The van der Waals surface area contributed by atoms with Gasteiger partial charge in [-0.05, 0) is 30.6 Å². The Bertz CT molecular complexity index is 300. The van der Waals surface area contributed by atoms with Crippen molar-refractivity contribution in [2.24, 2.45) is 17.1 Å². The maximum Gasteiger partial charge on any atom is 0.224 e. The molecule has 1 saturated carbocycles. The average Bonchev–Trinajstić information content (AvgIpc) is 3.11. The molecule has 0 aromatic carbocycles. The second kappa shape index (κ2) is 5.57. The van der Waals surface area contributed by atoms with Gasteiger partial charge in [-0.15, -0.1) is 0 Å². The van der Waals surface area contributed by atoms with Crippen LogP contribution in [0.1, 0.15) is 39.5 Å². The number of hydrogen-bond donors (Lipinski definition) is 1. The van der Waals surface area contributed by atoms with E-state index in [1.807, 2.05) is 4.90 Å². The number of amides is 1. The molecule has 18 heavy (non-hydrogen) atoms. The summed E-state index contributed by atoms with van der Waals surface area (Å²) in [6, 6.07) is 0.202. The van der Waals surface area contributed by atoms with Gasteiger partial charge in [-0.1, -0.05) is 13.8 Å². The fourth-order valence-electron chi connectivity index (χ4n) is 2.44. The van der Waals surface area contributed by atoms with Gasteiger partial charge in [0.15, 0.2) is 0 Å². The molecular formula is C14H26N2O2. The molecule has 4 nitrogen and oxygen atoms in total. The van der Waals surface area contributed by atoms with Crippen LogP contribution in [0, 0.1) is 11.3 Å².